The third kappa shape index (κ3) is 3.30. The molecule has 0 aliphatic rings. The van der Waals surface area contributed by atoms with Crippen LogP contribution >= 0.6 is 22.9 Å². The van der Waals surface area contributed by atoms with Gasteiger partial charge in [-0.15, -0.1) is 11.3 Å². The van der Waals surface area contributed by atoms with E-state index in [1.807, 2.05) is 13.8 Å². The molecule has 0 aromatic carbocycles. The lowest BCUT2D eigenvalue weighted by Crippen LogP contribution is -2.26. The molecule has 0 spiro atoms. The molecule has 2 aromatic heterocycles. The minimum Gasteiger partial charge on any atom is -0.336 e. The molecule has 0 aliphatic heterocycles. The van der Waals surface area contributed by atoms with Crippen LogP contribution < -0.4 is 0 Å². The molecule has 0 saturated heterocycles. The van der Waals surface area contributed by atoms with E-state index in [2.05, 4.69) is 9.97 Å². The molecule has 2 aromatic rings. The van der Waals surface area contributed by atoms with Crippen molar-refractivity contribution in [3.05, 3.63) is 44.6 Å². The van der Waals surface area contributed by atoms with Gasteiger partial charge in [0, 0.05) is 30.0 Å². The number of thiazole rings is 1. The molecule has 0 N–H and O–H groups in total. The maximum Gasteiger partial charge on any atom is 0.257 e. The van der Waals surface area contributed by atoms with Crippen molar-refractivity contribution < 1.29 is 4.79 Å². The summed E-state index contributed by atoms with van der Waals surface area (Å²) in [7, 11) is 1.74. The van der Waals surface area contributed by atoms with Gasteiger partial charge in [-0.05, 0) is 19.9 Å². The number of rotatable bonds is 3. The molecular weight excluding hydrogens is 282 g/mol. The Bertz CT molecular complexity index is 612. The normalized spacial score (nSPS) is 10.5. The molecule has 6 heteroatoms. The fourth-order valence-electron chi connectivity index (χ4n) is 1.67. The molecule has 0 saturated carbocycles. The first-order chi connectivity index (χ1) is 8.97. The van der Waals surface area contributed by atoms with E-state index in [0.717, 1.165) is 15.6 Å². The van der Waals surface area contributed by atoms with Gasteiger partial charge in [-0.25, -0.2) is 4.98 Å². The Balaban J connectivity index is 2.14. The van der Waals surface area contributed by atoms with Gasteiger partial charge in [0.1, 0.15) is 0 Å². The van der Waals surface area contributed by atoms with Crippen molar-refractivity contribution in [3.8, 4) is 0 Å². The third-order valence-electron chi connectivity index (χ3n) is 2.63. The van der Waals surface area contributed by atoms with Gasteiger partial charge in [-0.3, -0.25) is 9.78 Å². The summed E-state index contributed by atoms with van der Waals surface area (Å²) in [6.45, 7) is 4.30. The zero-order valence-corrected chi connectivity index (χ0v) is 12.5. The maximum atomic E-state index is 12.3. The van der Waals surface area contributed by atoms with Crippen molar-refractivity contribution in [1.29, 1.82) is 0 Å². The summed E-state index contributed by atoms with van der Waals surface area (Å²) < 4.78 is 0. The highest BCUT2D eigenvalue weighted by atomic mass is 35.5. The van der Waals surface area contributed by atoms with E-state index in [4.69, 9.17) is 11.6 Å². The Hall–Kier alpha value is -1.46. The second-order valence-corrected chi connectivity index (χ2v) is 6.04. The lowest BCUT2D eigenvalue weighted by molar-refractivity contribution is 0.0786. The van der Waals surface area contributed by atoms with E-state index in [9.17, 15) is 4.79 Å². The highest BCUT2D eigenvalue weighted by Crippen LogP contribution is 2.19. The lowest BCUT2D eigenvalue weighted by atomic mass is 10.2. The number of hydrogen-bond acceptors (Lipinski definition) is 4. The molecule has 2 heterocycles. The summed E-state index contributed by atoms with van der Waals surface area (Å²) in [6, 6.07) is 1.69. The fourth-order valence-corrected chi connectivity index (χ4v) is 2.81. The molecule has 0 bridgehead atoms. The molecule has 0 aliphatic carbocycles. The Labute approximate surface area is 121 Å². The number of carbonyl (C=O) groups excluding carboxylic acids is 1. The standard InChI is InChI=1S/C13H14ClN3OS/c1-8-4-12(14)11(6-15-8)13(18)17(3)7-10-5-16-9(2)19-10/h4-6H,7H2,1-3H3. The number of aryl methyl sites for hydroxylation is 2. The SMILES string of the molecule is Cc1cc(Cl)c(C(=O)N(C)Cc2cnc(C)s2)cn1. The third-order valence-corrected chi connectivity index (χ3v) is 3.84. The molecule has 4 nitrogen and oxygen atoms in total. The highest BCUT2D eigenvalue weighted by Gasteiger charge is 2.16. The summed E-state index contributed by atoms with van der Waals surface area (Å²) in [6.07, 6.45) is 3.31. The second-order valence-electron chi connectivity index (χ2n) is 4.31. The van der Waals surface area contributed by atoms with E-state index in [-0.39, 0.29) is 5.91 Å². The molecule has 19 heavy (non-hydrogen) atoms. The smallest absolute Gasteiger partial charge is 0.257 e. The van der Waals surface area contributed by atoms with Crippen molar-refractivity contribution in [1.82, 2.24) is 14.9 Å². The van der Waals surface area contributed by atoms with Gasteiger partial charge in [-0.2, -0.15) is 0 Å². The van der Waals surface area contributed by atoms with Gasteiger partial charge in [-0.1, -0.05) is 11.6 Å². The van der Waals surface area contributed by atoms with Crippen LogP contribution in [0.1, 0.15) is 25.9 Å². The van der Waals surface area contributed by atoms with Crippen LogP contribution in [0.25, 0.3) is 0 Å². The molecule has 2 rings (SSSR count). The molecule has 0 fully saturated rings. The van der Waals surface area contributed by atoms with E-state index in [0.29, 0.717) is 17.1 Å². The van der Waals surface area contributed by atoms with Crippen LogP contribution in [0, 0.1) is 13.8 Å². The maximum absolute atomic E-state index is 12.3. The van der Waals surface area contributed by atoms with Crippen molar-refractivity contribution in [2.75, 3.05) is 7.05 Å². The first kappa shape index (κ1) is 14.0. The van der Waals surface area contributed by atoms with Gasteiger partial charge in [0.15, 0.2) is 0 Å². The molecule has 0 radical (unpaired) electrons. The predicted molar refractivity (Wildman–Crippen MR) is 76.6 cm³/mol. The molecule has 100 valence electrons. The Kier molecular flexibility index (Phi) is 4.17. The average molecular weight is 296 g/mol. The van der Waals surface area contributed by atoms with Gasteiger partial charge in [0.25, 0.3) is 5.91 Å². The predicted octanol–water partition coefficient (Wildman–Crippen LogP) is 3.08. The summed E-state index contributed by atoms with van der Waals surface area (Å²) in [5.41, 5.74) is 1.22. The van der Waals surface area contributed by atoms with Crippen molar-refractivity contribution >= 4 is 28.8 Å². The number of halogens is 1. The average Bonchev–Trinajstić information content (AvgIpc) is 2.74. The Morgan fingerprint density at radius 3 is 2.68 bits per heavy atom. The minimum atomic E-state index is -0.136. The Morgan fingerprint density at radius 1 is 1.37 bits per heavy atom. The van der Waals surface area contributed by atoms with E-state index >= 15 is 0 Å². The van der Waals surface area contributed by atoms with E-state index in [1.165, 1.54) is 6.20 Å². The fraction of sp³-hybridized carbons (Fsp3) is 0.308. The number of hydrogen-bond donors (Lipinski definition) is 0. The van der Waals surface area contributed by atoms with Crippen LogP contribution in [-0.4, -0.2) is 27.8 Å². The number of aromatic nitrogens is 2. The number of amides is 1. The summed E-state index contributed by atoms with van der Waals surface area (Å²) in [5, 5.41) is 1.43. The number of carbonyl (C=O) groups is 1. The molecule has 0 unspecified atom stereocenters. The zero-order chi connectivity index (χ0) is 14.0. The van der Waals surface area contributed by atoms with Crippen LogP contribution in [-0.2, 0) is 6.54 Å². The molecule has 1 amide bonds. The van der Waals surface area contributed by atoms with Gasteiger partial charge < -0.3 is 4.90 Å². The number of pyridine rings is 1. The van der Waals surface area contributed by atoms with Crippen molar-refractivity contribution in [2.45, 2.75) is 20.4 Å². The van der Waals surface area contributed by atoms with E-state index in [1.54, 1.807) is 35.5 Å². The van der Waals surface area contributed by atoms with Crippen LogP contribution in [0.4, 0.5) is 0 Å². The molecular formula is C13H14ClN3OS. The van der Waals surface area contributed by atoms with Gasteiger partial charge in [0.2, 0.25) is 0 Å². The van der Waals surface area contributed by atoms with Crippen molar-refractivity contribution in [3.63, 3.8) is 0 Å². The van der Waals surface area contributed by atoms with Crippen LogP contribution in [0.3, 0.4) is 0 Å². The van der Waals surface area contributed by atoms with E-state index < -0.39 is 0 Å². The second kappa shape index (κ2) is 5.67. The topological polar surface area (TPSA) is 46.1 Å². The van der Waals surface area contributed by atoms with Crippen molar-refractivity contribution in [2.24, 2.45) is 0 Å². The zero-order valence-electron chi connectivity index (χ0n) is 11.0. The first-order valence-corrected chi connectivity index (χ1v) is 6.95. The first-order valence-electron chi connectivity index (χ1n) is 5.76. The summed E-state index contributed by atoms with van der Waals surface area (Å²) in [4.78, 5) is 23.2. The van der Waals surface area contributed by atoms with Crippen LogP contribution in [0.2, 0.25) is 5.02 Å². The van der Waals surface area contributed by atoms with Gasteiger partial charge >= 0.3 is 0 Å². The largest absolute Gasteiger partial charge is 0.336 e. The monoisotopic (exact) mass is 295 g/mol. The highest BCUT2D eigenvalue weighted by molar-refractivity contribution is 7.11. The Morgan fingerprint density at radius 2 is 2.11 bits per heavy atom. The summed E-state index contributed by atoms with van der Waals surface area (Å²) >= 11 is 7.66. The quantitative estimate of drug-likeness (QED) is 0.874. The van der Waals surface area contributed by atoms with Crippen LogP contribution in [0.15, 0.2) is 18.5 Å². The molecule has 0 atom stereocenters. The van der Waals surface area contributed by atoms with Gasteiger partial charge in [0.05, 0.1) is 22.1 Å². The summed E-state index contributed by atoms with van der Waals surface area (Å²) in [5.74, 6) is -0.136. The minimum absolute atomic E-state index is 0.136. The lowest BCUT2D eigenvalue weighted by Gasteiger charge is -2.16. The number of nitrogens with zero attached hydrogens (tertiary/aromatic N) is 3. The van der Waals surface area contributed by atoms with Crippen LogP contribution in [0.5, 0.6) is 0 Å².